The number of thiophene rings is 1. The number of hydrogen-bond donors (Lipinski definition) is 3. The smallest absolute Gasteiger partial charge is 0.261 e. The maximum atomic E-state index is 11.6. The number of aliphatic hydroxyl groups excluding tert-OH is 1. The lowest BCUT2D eigenvalue weighted by atomic mass is 10.3. The molecule has 3 N–H and O–H groups in total. The number of carbonyl (C=O) groups is 2. The molecule has 0 spiro atoms. The van der Waals surface area contributed by atoms with Crippen LogP contribution in [-0.4, -0.2) is 48.1 Å². The van der Waals surface area contributed by atoms with Crippen LogP contribution < -0.4 is 10.6 Å². The molecule has 7 heteroatoms. The third kappa shape index (κ3) is 8.75. The number of aliphatic hydroxyl groups is 1. The van der Waals surface area contributed by atoms with Crippen LogP contribution in [0.1, 0.15) is 28.9 Å². The molecule has 1 rings (SSSR count). The van der Waals surface area contributed by atoms with Crippen LogP contribution in [0.3, 0.4) is 0 Å². The van der Waals surface area contributed by atoms with Crippen molar-refractivity contribution in [2.75, 3.05) is 31.2 Å². The van der Waals surface area contributed by atoms with Gasteiger partial charge in [0.05, 0.1) is 4.88 Å². The number of rotatable bonds is 11. The first-order chi connectivity index (χ1) is 10.2. The molecule has 0 saturated carbocycles. The Morgan fingerprint density at radius 3 is 2.76 bits per heavy atom. The van der Waals surface area contributed by atoms with E-state index < -0.39 is 0 Å². The fourth-order valence-electron chi connectivity index (χ4n) is 1.57. The standard InChI is InChI=1S/C14H22N2O3S2/c17-8-3-9-20-11-7-15-13(18)5-1-6-16-14(19)12-4-2-10-21-12/h2,4,10,17H,1,3,5-9,11H2,(H,15,18)(H,16,19). The van der Waals surface area contributed by atoms with Crippen LogP contribution in [0.5, 0.6) is 0 Å². The number of amides is 2. The fraction of sp³-hybridized carbons (Fsp3) is 0.571. The van der Waals surface area contributed by atoms with E-state index in [4.69, 9.17) is 5.11 Å². The highest BCUT2D eigenvalue weighted by Gasteiger charge is 2.06. The maximum absolute atomic E-state index is 11.6. The topological polar surface area (TPSA) is 78.4 Å². The summed E-state index contributed by atoms with van der Waals surface area (Å²) in [7, 11) is 0. The van der Waals surface area contributed by atoms with Gasteiger partial charge < -0.3 is 15.7 Å². The van der Waals surface area contributed by atoms with Crippen molar-refractivity contribution in [2.24, 2.45) is 0 Å². The molecule has 0 aliphatic rings. The van der Waals surface area contributed by atoms with Gasteiger partial charge in [-0.3, -0.25) is 9.59 Å². The van der Waals surface area contributed by atoms with E-state index in [1.807, 2.05) is 11.4 Å². The van der Waals surface area contributed by atoms with E-state index in [1.165, 1.54) is 11.3 Å². The zero-order valence-electron chi connectivity index (χ0n) is 12.0. The fourth-order valence-corrected chi connectivity index (χ4v) is 2.99. The van der Waals surface area contributed by atoms with Crippen LogP contribution in [0.2, 0.25) is 0 Å². The molecule has 0 saturated heterocycles. The molecule has 0 aliphatic heterocycles. The molecule has 0 atom stereocenters. The lowest BCUT2D eigenvalue weighted by Crippen LogP contribution is -2.28. The Bertz CT molecular complexity index is 410. The zero-order chi connectivity index (χ0) is 15.3. The van der Waals surface area contributed by atoms with E-state index in [1.54, 1.807) is 17.8 Å². The molecule has 118 valence electrons. The number of hydrogen-bond acceptors (Lipinski definition) is 5. The number of thioether (sulfide) groups is 1. The van der Waals surface area contributed by atoms with Crippen LogP contribution in [0, 0.1) is 0 Å². The van der Waals surface area contributed by atoms with Crippen molar-refractivity contribution in [1.29, 1.82) is 0 Å². The summed E-state index contributed by atoms with van der Waals surface area (Å²) in [6, 6.07) is 3.62. The second-order valence-electron chi connectivity index (χ2n) is 4.38. The third-order valence-corrected chi connectivity index (χ3v) is 4.57. The van der Waals surface area contributed by atoms with Crippen molar-refractivity contribution in [3.63, 3.8) is 0 Å². The van der Waals surface area contributed by atoms with Gasteiger partial charge >= 0.3 is 0 Å². The summed E-state index contributed by atoms with van der Waals surface area (Å²) in [6.45, 7) is 1.38. The summed E-state index contributed by atoms with van der Waals surface area (Å²) < 4.78 is 0. The summed E-state index contributed by atoms with van der Waals surface area (Å²) in [6.07, 6.45) is 1.86. The molecule has 0 fully saturated rings. The van der Waals surface area contributed by atoms with Crippen LogP contribution >= 0.6 is 23.1 Å². The van der Waals surface area contributed by atoms with Crippen molar-refractivity contribution in [3.8, 4) is 0 Å². The van der Waals surface area contributed by atoms with Gasteiger partial charge in [-0.2, -0.15) is 11.8 Å². The molecule has 0 aliphatic carbocycles. The van der Waals surface area contributed by atoms with Crippen molar-refractivity contribution in [1.82, 2.24) is 10.6 Å². The molecule has 0 radical (unpaired) electrons. The predicted molar refractivity (Wildman–Crippen MR) is 87.9 cm³/mol. The molecular formula is C14H22N2O3S2. The van der Waals surface area contributed by atoms with E-state index in [2.05, 4.69) is 10.6 Å². The average molecular weight is 330 g/mol. The Morgan fingerprint density at radius 2 is 2.05 bits per heavy atom. The van der Waals surface area contributed by atoms with Crippen molar-refractivity contribution < 1.29 is 14.7 Å². The molecule has 1 heterocycles. The third-order valence-electron chi connectivity index (χ3n) is 2.63. The lowest BCUT2D eigenvalue weighted by Gasteiger charge is -2.06. The van der Waals surface area contributed by atoms with E-state index >= 15 is 0 Å². The Labute approximate surface area is 133 Å². The molecule has 1 aromatic heterocycles. The van der Waals surface area contributed by atoms with E-state index in [9.17, 15) is 9.59 Å². The molecule has 21 heavy (non-hydrogen) atoms. The van der Waals surface area contributed by atoms with E-state index in [0.717, 1.165) is 17.9 Å². The van der Waals surface area contributed by atoms with Crippen LogP contribution in [0.4, 0.5) is 0 Å². The minimum Gasteiger partial charge on any atom is -0.396 e. The Kier molecular flexibility index (Phi) is 9.94. The van der Waals surface area contributed by atoms with Gasteiger partial charge in [0.15, 0.2) is 0 Å². The first-order valence-corrected chi connectivity index (χ1v) is 9.04. The predicted octanol–water partition coefficient (Wildman–Crippen LogP) is 1.49. The Hall–Kier alpha value is -1.05. The largest absolute Gasteiger partial charge is 0.396 e. The molecule has 0 bridgehead atoms. The highest BCUT2D eigenvalue weighted by atomic mass is 32.2. The zero-order valence-corrected chi connectivity index (χ0v) is 13.6. The monoisotopic (exact) mass is 330 g/mol. The van der Waals surface area contributed by atoms with Crippen molar-refractivity contribution in [2.45, 2.75) is 19.3 Å². The first-order valence-electron chi connectivity index (χ1n) is 7.01. The quantitative estimate of drug-likeness (QED) is 0.537. The Morgan fingerprint density at radius 1 is 1.19 bits per heavy atom. The van der Waals surface area contributed by atoms with Gasteiger partial charge in [-0.25, -0.2) is 0 Å². The van der Waals surface area contributed by atoms with E-state index in [0.29, 0.717) is 30.8 Å². The summed E-state index contributed by atoms with van der Waals surface area (Å²) in [4.78, 5) is 23.9. The molecule has 0 unspecified atom stereocenters. The van der Waals surface area contributed by atoms with Gasteiger partial charge in [0.1, 0.15) is 0 Å². The molecule has 1 aromatic rings. The number of carbonyl (C=O) groups excluding carboxylic acids is 2. The normalized spacial score (nSPS) is 10.3. The molecule has 0 aromatic carbocycles. The molecule has 2 amide bonds. The maximum Gasteiger partial charge on any atom is 0.261 e. The van der Waals surface area contributed by atoms with Gasteiger partial charge in [-0.1, -0.05) is 6.07 Å². The minimum atomic E-state index is -0.0781. The van der Waals surface area contributed by atoms with Crippen molar-refractivity contribution in [3.05, 3.63) is 22.4 Å². The summed E-state index contributed by atoms with van der Waals surface area (Å²) >= 11 is 3.13. The van der Waals surface area contributed by atoms with Gasteiger partial charge in [0, 0.05) is 31.9 Å². The summed E-state index contributed by atoms with van der Waals surface area (Å²) in [5.41, 5.74) is 0. The molecular weight excluding hydrogens is 308 g/mol. The van der Waals surface area contributed by atoms with Gasteiger partial charge in [0.25, 0.3) is 5.91 Å². The second-order valence-corrected chi connectivity index (χ2v) is 6.55. The van der Waals surface area contributed by atoms with Gasteiger partial charge in [-0.05, 0) is 30.0 Å². The lowest BCUT2D eigenvalue weighted by molar-refractivity contribution is -0.121. The van der Waals surface area contributed by atoms with Gasteiger partial charge in [0.2, 0.25) is 5.91 Å². The minimum absolute atomic E-state index is 0.0168. The van der Waals surface area contributed by atoms with Gasteiger partial charge in [-0.15, -0.1) is 11.3 Å². The first kappa shape index (κ1) is 18.0. The number of nitrogens with one attached hydrogen (secondary N) is 2. The SMILES string of the molecule is O=C(CCCNC(=O)c1cccs1)NCCSCCCO. The van der Waals surface area contributed by atoms with E-state index in [-0.39, 0.29) is 18.4 Å². The van der Waals surface area contributed by atoms with Crippen LogP contribution in [0.25, 0.3) is 0 Å². The molecule has 5 nitrogen and oxygen atoms in total. The average Bonchev–Trinajstić information content (AvgIpc) is 3.01. The van der Waals surface area contributed by atoms with Crippen LogP contribution in [0.15, 0.2) is 17.5 Å². The highest BCUT2D eigenvalue weighted by molar-refractivity contribution is 7.99. The highest BCUT2D eigenvalue weighted by Crippen LogP contribution is 2.07. The van der Waals surface area contributed by atoms with Crippen molar-refractivity contribution >= 4 is 34.9 Å². The van der Waals surface area contributed by atoms with Crippen LogP contribution in [-0.2, 0) is 4.79 Å². The Balaban J connectivity index is 1.95. The summed E-state index contributed by atoms with van der Waals surface area (Å²) in [5, 5.41) is 16.1. The second kappa shape index (κ2) is 11.6. The summed E-state index contributed by atoms with van der Waals surface area (Å²) in [5.74, 6) is 1.72.